The van der Waals surface area contributed by atoms with Crippen LogP contribution in [0.5, 0.6) is 0 Å². The summed E-state index contributed by atoms with van der Waals surface area (Å²) in [6.45, 7) is 0. The molecule has 2 atom stereocenters. The standard InChI is InChI=1S/C13H16ClN3O4/c14-12-11(17(20)21)8(6-7-15-12)13(19)16-9-4-2-1-3-5-10(9)18/h6-7,9-10,18H,1-5H2,(H,16,19). The highest BCUT2D eigenvalue weighted by Gasteiger charge is 2.28. The van der Waals surface area contributed by atoms with Crippen molar-refractivity contribution in [1.82, 2.24) is 10.3 Å². The van der Waals surface area contributed by atoms with Gasteiger partial charge in [-0.25, -0.2) is 4.98 Å². The Kier molecular flexibility index (Phi) is 5.08. The molecule has 1 aliphatic carbocycles. The van der Waals surface area contributed by atoms with Gasteiger partial charge in [-0.3, -0.25) is 14.9 Å². The molecule has 1 saturated carbocycles. The number of hydrogen-bond donors (Lipinski definition) is 2. The summed E-state index contributed by atoms with van der Waals surface area (Å²) in [7, 11) is 0. The van der Waals surface area contributed by atoms with Crippen molar-refractivity contribution >= 4 is 23.2 Å². The van der Waals surface area contributed by atoms with E-state index in [1.807, 2.05) is 0 Å². The Hall–Kier alpha value is -1.73. The van der Waals surface area contributed by atoms with Gasteiger partial charge in [0.15, 0.2) is 0 Å². The zero-order valence-corrected chi connectivity index (χ0v) is 12.0. The van der Waals surface area contributed by atoms with Crippen molar-refractivity contribution in [1.29, 1.82) is 0 Å². The van der Waals surface area contributed by atoms with E-state index in [4.69, 9.17) is 11.6 Å². The molecule has 2 unspecified atom stereocenters. The number of halogens is 1. The molecule has 1 fully saturated rings. The smallest absolute Gasteiger partial charge is 0.319 e. The number of nitrogens with zero attached hydrogens (tertiary/aromatic N) is 2. The predicted octanol–water partition coefficient (Wildman–Crippen LogP) is 2.07. The summed E-state index contributed by atoms with van der Waals surface area (Å²) >= 11 is 5.68. The summed E-state index contributed by atoms with van der Waals surface area (Å²) in [5.41, 5.74) is -0.656. The van der Waals surface area contributed by atoms with E-state index in [9.17, 15) is 20.0 Å². The lowest BCUT2D eigenvalue weighted by Gasteiger charge is -2.21. The Morgan fingerprint density at radius 3 is 2.86 bits per heavy atom. The fourth-order valence-electron chi connectivity index (χ4n) is 2.49. The highest BCUT2D eigenvalue weighted by atomic mass is 35.5. The van der Waals surface area contributed by atoms with Crippen LogP contribution in [0.25, 0.3) is 0 Å². The van der Waals surface area contributed by atoms with Gasteiger partial charge in [0.25, 0.3) is 5.91 Å². The molecule has 7 nitrogen and oxygen atoms in total. The van der Waals surface area contributed by atoms with Gasteiger partial charge in [0.1, 0.15) is 5.56 Å². The first-order valence-corrected chi connectivity index (χ1v) is 7.16. The van der Waals surface area contributed by atoms with Crippen molar-refractivity contribution in [2.45, 2.75) is 44.2 Å². The average Bonchev–Trinajstić information content (AvgIpc) is 2.63. The molecule has 0 saturated heterocycles. The molecule has 1 aromatic rings. The van der Waals surface area contributed by atoms with Crippen molar-refractivity contribution in [2.24, 2.45) is 0 Å². The second kappa shape index (κ2) is 6.82. The number of amides is 1. The largest absolute Gasteiger partial charge is 0.391 e. The van der Waals surface area contributed by atoms with Crippen molar-refractivity contribution in [2.75, 3.05) is 0 Å². The molecule has 0 aliphatic heterocycles. The van der Waals surface area contributed by atoms with Crippen molar-refractivity contribution < 1.29 is 14.8 Å². The monoisotopic (exact) mass is 313 g/mol. The Morgan fingerprint density at radius 1 is 1.43 bits per heavy atom. The van der Waals surface area contributed by atoms with Gasteiger partial charge in [-0.1, -0.05) is 30.9 Å². The third kappa shape index (κ3) is 3.68. The minimum atomic E-state index is -0.728. The van der Waals surface area contributed by atoms with E-state index in [1.165, 1.54) is 12.3 Å². The minimum absolute atomic E-state index is 0.142. The molecule has 1 aromatic heterocycles. The molecular weight excluding hydrogens is 298 g/mol. The maximum atomic E-state index is 12.2. The van der Waals surface area contributed by atoms with Gasteiger partial charge in [0, 0.05) is 6.20 Å². The quantitative estimate of drug-likeness (QED) is 0.384. The number of pyridine rings is 1. The van der Waals surface area contributed by atoms with E-state index in [0.29, 0.717) is 12.8 Å². The zero-order chi connectivity index (χ0) is 15.4. The number of aliphatic hydroxyl groups is 1. The number of carbonyl (C=O) groups excluding carboxylic acids is 1. The third-order valence-corrected chi connectivity index (χ3v) is 3.88. The van der Waals surface area contributed by atoms with Gasteiger partial charge < -0.3 is 10.4 Å². The van der Waals surface area contributed by atoms with E-state index in [-0.39, 0.29) is 10.7 Å². The van der Waals surface area contributed by atoms with Crippen LogP contribution < -0.4 is 5.32 Å². The Labute approximate surface area is 126 Å². The maximum Gasteiger partial charge on any atom is 0.319 e. The molecule has 2 rings (SSSR count). The number of hydrogen-bond acceptors (Lipinski definition) is 5. The second-order valence-electron chi connectivity index (χ2n) is 5.04. The van der Waals surface area contributed by atoms with E-state index in [1.54, 1.807) is 0 Å². The normalized spacial score (nSPS) is 22.4. The zero-order valence-electron chi connectivity index (χ0n) is 11.3. The summed E-state index contributed by atoms with van der Waals surface area (Å²) in [6, 6.07) is 0.856. The van der Waals surface area contributed by atoms with Crippen LogP contribution in [-0.4, -0.2) is 33.1 Å². The molecular formula is C13H16ClN3O4. The number of carbonyl (C=O) groups is 1. The molecule has 2 N–H and O–H groups in total. The predicted molar refractivity (Wildman–Crippen MR) is 76.2 cm³/mol. The van der Waals surface area contributed by atoms with Crippen molar-refractivity contribution in [3.8, 4) is 0 Å². The number of aromatic nitrogens is 1. The summed E-state index contributed by atoms with van der Waals surface area (Å²) in [6.07, 6.45) is 4.70. The number of aliphatic hydroxyl groups excluding tert-OH is 1. The molecule has 0 radical (unpaired) electrons. The second-order valence-corrected chi connectivity index (χ2v) is 5.40. The Morgan fingerprint density at radius 2 is 2.14 bits per heavy atom. The maximum absolute atomic E-state index is 12.2. The summed E-state index contributed by atoms with van der Waals surface area (Å²) in [5.74, 6) is -0.614. The molecule has 8 heteroatoms. The summed E-state index contributed by atoms with van der Waals surface area (Å²) in [4.78, 5) is 26.1. The molecule has 0 aromatic carbocycles. The first-order chi connectivity index (χ1) is 10.0. The first kappa shape index (κ1) is 15.7. The van der Waals surface area contributed by atoms with Gasteiger partial charge in [0.05, 0.1) is 17.1 Å². The fraction of sp³-hybridized carbons (Fsp3) is 0.538. The van der Waals surface area contributed by atoms with Gasteiger partial charge >= 0.3 is 5.69 Å². The molecule has 1 aliphatic rings. The van der Waals surface area contributed by atoms with Gasteiger partial charge in [-0.2, -0.15) is 0 Å². The number of nitro groups is 1. The molecule has 114 valence electrons. The molecule has 1 heterocycles. The molecule has 1 amide bonds. The number of rotatable bonds is 3. The van der Waals surface area contributed by atoms with Crippen molar-refractivity contribution in [3.63, 3.8) is 0 Å². The molecule has 0 bridgehead atoms. The average molecular weight is 314 g/mol. The van der Waals surface area contributed by atoms with Crippen LogP contribution in [0.15, 0.2) is 12.3 Å². The summed E-state index contributed by atoms with van der Waals surface area (Å²) in [5, 5.41) is 23.3. The van der Waals surface area contributed by atoms with Crippen LogP contribution in [0.2, 0.25) is 5.15 Å². The number of nitrogens with one attached hydrogen (secondary N) is 1. The van der Waals surface area contributed by atoms with Crippen LogP contribution in [0.1, 0.15) is 42.5 Å². The lowest BCUT2D eigenvalue weighted by molar-refractivity contribution is -0.385. The van der Waals surface area contributed by atoms with E-state index < -0.39 is 28.7 Å². The molecule has 0 spiro atoms. The third-order valence-electron chi connectivity index (χ3n) is 3.60. The first-order valence-electron chi connectivity index (χ1n) is 6.78. The van der Waals surface area contributed by atoms with Crippen LogP contribution >= 0.6 is 11.6 Å². The highest BCUT2D eigenvalue weighted by molar-refractivity contribution is 6.32. The van der Waals surface area contributed by atoms with E-state index in [2.05, 4.69) is 10.3 Å². The fourth-order valence-corrected chi connectivity index (χ4v) is 2.72. The lowest BCUT2D eigenvalue weighted by atomic mass is 10.1. The van der Waals surface area contributed by atoms with E-state index >= 15 is 0 Å². The lowest BCUT2D eigenvalue weighted by Crippen LogP contribution is -2.42. The topological polar surface area (TPSA) is 105 Å². The van der Waals surface area contributed by atoms with Gasteiger partial charge in [-0.05, 0) is 18.9 Å². The SMILES string of the molecule is O=C(NC1CCCCCC1O)c1ccnc(Cl)c1[N+](=O)[O-]. The highest BCUT2D eigenvalue weighted by Crippen LogP contribution is 2.26. The van der Waals surface area contributed by atoms with Gasteiger partial charge in [-0.15, -0.1) is 0 Å². The van der Waals surface area contributed by atoms with Crippen LogP contribution in [-0.2, 0) is 0 Å². The van der Waals surface area contributed by atoms with Crippen LogP contribution in [0.4, 0.5) is 5.69 Å². The molecule has 21 heavy (non-hydrogen) atoms. The Balaban J connectivity index is 2.20. The Bertz CT molecular complexity index is 552. The van der Waals surface area contributed by atoms with Crippen molar-refractivity contribution in [3.05, 3.63) is 33.1 Å². The van der Waals surface area contributed by atoms with Crippen LogP contribution in [0, 0.1) is 10.1 Å². The minimum Gasteiger partial charge on any atom is -0.391 e. The van der Waals surface area contributed by atoms with Gasteiger partial charge in [0.2, 0.25) is 5.15 Å². The summed E-state index contributed by atoms with van der Waals surface area (Å²) < 4.78 is 0. The van der Waals surface area contributed by atoms with Crippen LogP contribution in [0.3, 0.4) is 0 Å². The van der Waals surface area contributed by atoms with E-state index in [0.717, 1.165) is 19.3 Å².